The van der Waals surface area contributed by atoms with Crippen LogP contribution in [-0.2, 0) is 0 Å². The molecule has 0 aliphatic rings. The van der Waals surface area contributed by atoms with E-state index in [1.54, 1.807) is 25.1 Å². The number of anilines is 1. The lowest BCUT2D eigenvalue weighted by molar-refractivity contribution is 0.0998. The van der Waals surface area contributed by atoms with Crippen LogP contribution in [0.2, 0.25) is 0 Å². The smallest absolute Gasteiger partial charge is 0.291 e. The van der Waals surface area contributed by atoms with Crippen LogP contribution in [0.3, 0.4) is 0 Å². The Balaban J connectivity index is 1.64. The van der Waals surface area contributed by atoms with Gasteiger partial charge in [0.2, 0.25) is 0 Å². The van der Waals surface area contributed by atoms with E-state index in [0.717, 1.165) is 16.5 Å². The summed E-state index contributed by atoms with van der Waals surface area (Å²) in [5, 5.41) is 3.72. The van der Waals surface area contributed by atoms with Gasteiger partial charge < -0.3 is 14.2 Å². The quantitative estimate of drug-likeness (QED) is 0.594. The summed E-state index contributed by atoms with van der Waals surface area (Å²) in [5.74, 6) is 0.574. The summed E-state index contributed by atoms with van der Waals surface area (Å²) in [5.41, 5.74) is 3.83. The summed E-state index contributed by atoms with van der Waals surface area (Å²) in [6.07, 6.45) is 0. The van der Waals surface area contributed by atoms with Crippen LogP contribution in [-0.4, -0.2) is 10.9 Å². The van der Waals surface area contributed by atoms with Crippen molar-refractivity contribution in [2.45, 2.75) is 13.8 Å². The lowest BCUT2D eigenvalue weighted by Gasteiger charge is -2.02. The van der Waals surface area contributed by atoms with E-state index in [9.17, 15) is 4.79 Å². The molecule has 0 radical (unpaired) electrons. The minimum atomic E-state index is -0.297. The van der Waals surface area contributed by atoms with Crippen molar-refractivity contribution in [3.05, 3.63) is 59.7 Å². The molecule has 1 amide bonds. The van der Waals surface area contributed by atoms with Crippen LogP contribution >= 0.6 is 0 Å². The Morgan fingerprint density at radius 1 is 1.00 bits per heavy atom. The summed E-state index contributed by atoms with van der Waals surface area (Å²) in [6.45, 7) is 3.77. The molecular weight excluding hydrogens is 292 g/mol. The number of hydrogen-bond acceptors (Lipinski definition) is 4. The third-order valence-corrected chi connectivity index (χ3v) is 3.65. The first-order valence-corrected chi connectivity index (χ1v) is 7.27. The van der Waals surface area contributed by atoms with E-state index < -0.39 is 0 Å². The molecule has 2 aromatic carbocycles. The van der Waals surface area contributed by atoms with Gasteiger partial charge in [0.1, 0.15) is 11.1 Å². The minimum Gasteiger partial charge on any atom is -0.451 e. The van der Waals surface area contributed by atoms with Gasteiger partial charge in [0.15, 0.2) is 17.2 Å². The molecule has 0 aliphatic heterocycles. The highest BCUT2D eigenvalue weighted by atomic mass is 16.4. The second-order valence-corrected chi connectivity index (χ2v) is 5.52. The van der Waals surface area contributed by atoms with Crippen molar-refractivity contribution in [1.82, 2.24) is 4.98 Å². The van der Waals surface area contributed by atoms with Crippen molar-refractivity contribution in [3.63, 3.8) is 0 Å². The Kier molecular flexibility index (Phi) is 2.94. The van der Waals surface area contributed by atoms with E-state index in [1.165, 1.54) is 0 Å². The van der Waals surface area contributed by atoms with Gasteiger partial charge in [0.25, 0.3) is 5.91 Å². The van der Waals surface area contributed by atoms with Gasteiger partial charge in [-0.3, -0.25) is 4.79 Å². The molecule has 0 fully saturated rings. The maximum absolute atomic E-state index is 12.4. The van der Waals surface area contributed by atoms with Gasteiger partial charge in [-0.05, 0) is 36.8 Å². The number of carbonyl (C=O) groups excluding carboxylic acids is 1. The van der Waals surface area contributed by atoms with E-state index >= 15 is 0 Å². The lowest BCUT2D eigenvalue weighted by Crippen LogP contribution is -2.10. The number of aromatic nitrogens is 1. The maximum atomic E-state index is 12.4. The van der Waals surface area contributed by atoms with Crippen LogP contribution in [0.15, 0.2) is 51.3 Å². The highest BCUT2D eigenvalue weighted by molar-refractivity contribution is 6.05. The SMILES string of the molecule is Cc1ccc2cc(C(=O)Nc3ccc4nc(C)oc4c3)oc2c1. The lowest BCUT2D eigenvalue weighted by atomic mass is 10.2. The standard InChI is InChI=1S/C18H14N2O3/c1-10-3-4-12-8-17(23-15(12)7-10)18(21)20-13-5-6-14-16(9-13)22-11(2)19-14/h3-9H,1-2H3,(H,20,21). The van der Waals surface area contributed by atoms with Crippen LogP contribution in [0.1, 0.15) is 22.0 Å². The number of oxazole rings is 1. The van der Waals surface area contributed by atoms with Crippen molar-refractivity contribution < 1.29 is 13.6 Å². The molecule has 5 heteroatoms. The molecule has 0 saturated heterocycles. The topological polar surface area (TPSA) is 68.3 Å². The molecular formula is C18H14N2O3. The number of carbonyl (C=O) groups is 1. The summed E-state index contributed by atoms with van der Waals surface area (Å²) in [4.78, 5) is 16.6. The first-order valence-electron chi connectivity index (χ1n) is 7.27. The predicted molar refractivity (Wildman–Crippen MR) is 87.7 cm³/mol. The van der Waals surface area contributed by atoms with Crippen LogP contribution in [0.25, 0.3) is 22.1 Å². The fraction of sp³-hybridized carbons (Fsp3) is 0.111. The molecule has 4 aromatic rings. The van der Waals surface area contributed by atoms with Gasteiger partial charge in [-0.15, -0.1) is 0 Å². The van der Waals surface area contributed by atoms with E-state index in [1.807, 2.05) is 31.2 Å². The Hall–Kier alpha value is -3.08. The van der Waals surface area contributed by atoms with Crippen molar-refractivity contribution >= 4 is 33.7 Å². The van der Waals surface area contributed by atoms with E-state index in [-0.39, 0.29) is 11.7 Å². The van der Waals surface area contributed by atoms with Crippen LogP contribution in [0, 0.1) is 13.8 Å². The van der Waals surface area contributed by atoms with Crippen LogP contribution in [0.4, 0.5) is 5.69 Å². The zero-order chi connectivity index (χ0) is 16.0. The van der Waals surface area contributed by atoms with Crippen molar-refractivity contribution in [2.75, 3.05) is 5.32 Å². The Labute approximate surface area is 131 Å². The number of fused-ring (bicyclic) bond motifs is 2. The third kappa shape index (κ3) is 2.46. The number of rotatable bonds is 2. The minimum absolute atomic E-state index is 0.277. The van der Waals surface area contributed by atoms with Gasteiger partial charge in [-0.25, -0.2) is 4.98 Å². The highest BCUT2D eigenvalue weighted by Crippen LogP contribution is 2.23. The molecule has 1 N–H and O–H groups in total. The summed E-state index contributed by atoms with van der Waals surface area (Å²) < 4.78 is 11.1. The Morgan fingerprint density at radius 2 is 1.87 bits per heavy atom. The van der Waals surface area contributed by atoms with E-state index in [4.69, 9.17) is 8.83 Å². The molecule has 2 aromatic heterocycles. The Morgan fingerprint density at radius 3 is 2.74 bits per heavy atom. The number of aryl methyl sites for hydroxylation is 2. The number of nitrogens with zero attached hydrogens (tertiary/aromatic N) is 1. The predicted octanol–water partition coefficient (Wildman–Crippen LogP) is 4.44. The summed E-state index contributed by atoms with van der Waals surface area (Å²) >= 11 is 0. The number of benzene rings is 2. The Bertz CT molecular complexity index is 1040. The zero-order valence-electron chi connectivity index (χ0n) is 12.7. The zero-order valence-corrected chi connectivity index (χ0v) is 12.7. The van der Waals surface area contributed by atoms with E-state index in [2.05, 4.69) is 10.3 Å². The summed E-state index contributed by atoms with van der Waals surface area (Å²) in [6, 6.07) is 12.9. The molecule has 0 atom stereocenters. The average Bonchev–Trinajstić information content (AvgIpc) is 3.08. The van der Waals surface area contributed by atoms with Gasteiger partial charge in [-0.1, -0.05) is 12.1 Å². The molecule has 114 valence electrons. The highest BCUT2D eigenvalue weighted by Gasteiger charge is 2.13. The van der Waals surface area contributed by atoms with Crippen molar-refractivity contribution in [1.29, 1.82) is 0 Å². The second kappa shape index (κ2) is 4.98. The van der Waals surface area contributed by atoms with Gasteiger partial charge in [0, 0.05) is 24.1 Å². The van der Waals surface area contributed by atoms with Gasteiger partial charge in [0.05, 0.1) is 0 Å². The molecule has 0 bridgehead atoms. The van der Waals surface area contributed by atoms with Crippen molar-refractivity contribution in [2.24, 2.45) is 0 Å². The fourth-order valence-electron chi connectivity index (χ4n) is 2.56. The molecule has 0 saturated carbocycles. The fourth-order valence-corrected chi connectivity index (χ4v) is 2.56. The van der Waals surface area contributed by atoms with Crippen molar-refractivity contribution in [3.8, 4) is 0 Å². The number of nitrogens with one attached hydrogen (secondary N) is 1. The number of furan rings is 1. The first kappa shape index (κ1) is 13.6. The number of amides is 1. The maximum Gasteiger partial charge on any atom is 0.291 e. The first-order chi connectivity index (χ1) is 11.1. The van der Waals surface area contributed by atoms with Crippen LogP contribution in [0.5, 0.6) is 0 Å². The molecule has 0 aliphatic carbocycles. The van der Waals surface area contributed by atoms with E-state index in [0.29, 0.717) is 22.7 Å². The second-order valence-electron chi connectivity index (χ2n) is 5.52. The molecule has 23 heavy (non-hydrogen) atoms. The average molecular weight is 306 g/mol. The molecule has 4 rings (SSSR count). The van der Waals surface area contributed by atoms with Crippen LogP contribution < -0.4 is 5.32 Å². The molecule has 5 nitrogen and oxygen atoms in total. The molecule has 0 unspecified atom stereocenters. The molecule has 0 spiro atoms. The largest absolute Gasteiger partial charge is 0.451 e. The number of hydrogen-bond donors (Lipinski definition) is 1. The third-order valence-electron chi connectivity index (χ3n) is 3.65. The normalized spacial score (nSPS) is 11.2. The summed E-state index contributed by atoms with van der Waals surface area (Å²) in [7, 11) is 0. The monoisotopic (exact) mass is 306 g/mol. The van der Waals surface area contributed by atoms with Gasteiger partial charge >= 0.3 is 0 Å². The molecule has 2 heterocycles. The van der Waals surface area contributed by atoms with Gasteiger partial charge in [-0.2, -0.15) is 0 Å².